The highest BCUT2D eigenvalue weighted by molar-refractivity contribution is 5.91. The molecular weight excluding hydrogens is 420 g/mol. The maximum absolute atomic E-state index is 13.0. The third-order valence-corrected chi connectivity index (χ3v) is 7.19. The van der Waals surface area contributed by atoms with Gasteiger partial charge in [-0.25, -0.2) is 4.79 Å². The number of morpholine rings is 1. The Morgan fingerprint density at radius 2 is 1.79 bits per heavy atom. The van der Waals surface area contributed by atoms with Gasteiger partial charge in [0, 0.05) is 65.5 Å². The van der Waals surface area contributed by atoms with Crippen LogP contribution in [0.15, 0.2) is 36.7 Å². The third-order valence-electron chi connectivity index (χ3n) is 7.19. The van der Waals surface area contributed by atoms with Crippen molar-refractivity contribution in [3.05, 3.63) is 42.2 Å². The van der Waals surface area contributed by atoms with Crippen LogP contribution >= 0.6 is 0 Å². The summed E-state index contributed by atoms with van der Waals surface area (Å²) in [6, 6.07) is 8.59. The number of fused-ring (bicyclic) bond motifs is 1. The SMILES string of the molecule is CC(=O)N(C)c1cnn(C(=O)N2CC3CN(Cc4ccccc4N4CCOCC4)CC3C2)c1. The molecule has 0 spiro atoms. The molecule has 176 valence electrons. The molecular formula is C24H32N6O3. The molecule has 1 aromatic heterocycles. The number of nitrogens with zero attached hydrogens (tertiary/aromatic N) is 6. The fraction of sp³-hybridized carbons (Fsp3) is 0.542. The minimum atomic E-state index is -0.114. The number of rotatable bonds is 4. The van der Waals surface area contributed by atoms with Crippen LogP contribution < -0.4 is 9.80 Å². The number of benzene rings is 1. The van der Waals surface area contributed by atoms with Gasteiger partial charge < -0.3 is 19.4 Å². The minimum Gasteiger partial charge on any atom is -0.378 e. The molecule has 2 amide bonds. The van der Waals surface area contributed by atoms with Gasteiger partial charge in [0.2, 0.25) is 5.91 Å². The second kappa shape index (κ2) is 9.15. The van der Waals surface area contributed by atoms with E-state index in [-0.39, 0.29) is 11.9 Å². The highest BCUT2D eigenvalue weighted by atomic mass is 16.5. The van der Waals surface area contributed by atoms with Crippen LogP contribution in [0.1, 0.15) is 12.5 Å². The number of anilines is 2. The van der Waals surface area contributed by atoms with E-state index in [1.54, 1.807) is 19.4 Å². The monoisotopic (exact) mass is 452 g/mol. The van der Waals surface area contributed by atoms with Crippen LogP contribution in [-0.4, -0.2) is 91.0 Å². The fourth-order valence-electron chi connectivity index (χ4n) is 5.29. The van der Waals surface area contributed by atoms with Crippen molar-refractivity contribution in [3.63, 3.8) is 0 Å². The van der Waals surface area contributed by atoms with Crippen molar-refractivity contribution in [1.82, 2.24) is 19.6 Å². The number of carbonyl (C=O) groups excluding carboxylic acids is 2. The average molecular weight is 453 g/mol. The molecule has 3 saturated heterocycles. The zero-order chi connectivity index (χ0) is 22.9. The van der Waals surface area contributed by atoms with Gasteiger partial charge in [0.05, 0.1) is 31.3 Å². The van der Waals surface area contributed by atoms with E-state index in [2.05, 4.69) is 39.2 Å². The first kappa shape index (κ1) is 21.9. The molecule has 2 atom stereocenters. The van der Waals surface area contributed by atoms with Crippen molar-refractivity contribution >= 4 is 23.3 Å². The van der Waals surface area contributed by atoms with E-state index in [4.69, 9.17) is 4.74 Å². The number of carbonyl (C=O) groups is 2. The quantitative estimate of drug-likeness (QED) is 0.704. The lowest BCUT2D eigenvalue weighted by atomic mass is 10.0. The predicted octanol–water partition coefficient (Wildman–Crippen LogP) is 1.73. The number of amides is 2. The molecule has 9 heteroatoms. The molecule has 2 unspecified atom stereocenters. The van der Waals surface area contributed by atoms with Crippen LogP contribution in [0.4, 0.5) is 16.2 Å². The van der Waals surface area contributed by atoms with Gasteiger partial charge in [-0.05, 0) is 23.5 Å². The third kappa shape index (κ3) is 4.47. The largest absolute Gasteiger partial charge is 0.378 e. The molecule has 0 saturated carbocycles. The van der Waals surface area contributed by atoms with Crippen molar-refractivity contribution < 1.29 is 14.3 Å². The van der Waals surface area contributed by atoms with Crippen molar-refractivity contribution in [2.45, 2.75) is 13.5 Å². The normalized spacial score (nSPS) is 23.1. The summed E-state index contributed by atoms with van der Waals surface area (Å²) in [7, 11) is 1.68. The van der Waals surface area contributed by atoms with Gasteiger partial charge in [0.15, 0.2) is 0 Å². The van der Waals surface area contributed by atoms with Gasteiger partial charge in [-0.2, -0.15) is 9.78 Å². The Balaban J connectivity index is 1.19. The zero-order valence-corrected chi connectivity index (χ0v) is 19.4. The van der Waals surface area contributed by atoms with Gasteiger partial charge >= 0.3 is 6.03 Å². The van der Waals surface area contributed by atoms with Crippen LogP contribution in [-0.2, 0) is 16.1 Å². The molecule has 3 fully saturated rings. The first-order valence-electron chi connectivity index (χ1n) is 11.7. The average Bonchev–Trinajstić information content (AvgIpc) is 3.54. The number of para-hydroxylation sites is 1. The van der Waals surface area contributed by atoms with Crippen LogP contribution in [0.3, 0.4) is 0 Å². The van der Waals surface area contributed by atoms with Crippen LogP contribution in [0.25, 0.3) is 0 Å². The lowest BCUT2D eigenvalue weighted by Crippen LogP contribution is -2.37. The molecule has 3 aliphatic rings. The van der Waals surface area contributed by atoms with E-state index in [0.29, 0.717) is 17.5 Å². The summed E-state index contributed by atoms with van der Waals surface area (Å²) >= 11 is 0. The number of hydrogen-bond acceptors (Lipinski definition) is 6. The van der Waals surface area contributed by atoms with Crippen molar-refractivity contribution in [2.75, 3.05) is 69.3 Å². The first-order valence-corrected chi connectivity index (χ1v) is 11.7. The summed E-state index contributed by atoms with van der Waals surface area (Å²) in [6.07, 6.45) is 3.19. The Bertz CT molecular complexity index is 1000. The summed E-state index contributed by atoms with van der Waals surface area (Å²) in [4.78, 5) is 32.9. The van der Waals surface area contributed by atoms with Crippen LogP contribution in [0.5, 0.6) is 0 Å². The smallest absolute Gasteiger partial charge is 0.344 e. The van der Waals surface area contributed by atoms with Crippen molar-refractivity contribution in [2.24, 2.45) is 11.8 Å². The summed E-state index contributed by atoms with van der Waals surface area (Å²) in [5.41, 5.74) is 3.31. The highest BCUT2D eigenvalue weighted by Crippen LogP contribution is 2.33. The zero-order valence-electron chi connectivity index (χ0n) is 19.4. The molecule has 0 radical (unpaired) electrons. The fourth-order valence-corrected chi connectivity index (χ4v) is 5.29. The maximum atomic E-state index is 13.0. The Hall–Kier alpha value is -2.91. The molecule has 0 bridgehead atoms. The summed E-state index contributed by atoms with van der Waals surface area (Å²) < 4.78 is 6.88. The molecule has 4 heterocycles. The topological polar surface area (TPSA) is 74.2 Å². The standard InChI is InChI=1S/C24H32N6O3/c1-18(31)26(2)22-11-25-30(17-22)24(32)29-15-20-13-27(14-21(20)16-29)12-19-5-3-4-6-23(19)28-7-9-33-10-8-28/h3-6,11,17,20-21H,7-10,12-16H2,1-2H3. The predicted molar refractivity (Wildman–Crippen MR) is 125 cm³/mol. The molecule has 1 aromatic carbocycles. The van der Waals surface area contributed by atoms with Gasteiger partial charge in [0.1, 0.15) is 0 Å². The summed E-state index contributed by atoms with van der Waals surface area (Å²) in [5, 5.41) is 4.19. The lowest BCUT2D eigenvalue weighted by molar-refractivity contribution is -0.116. The van der Waals surface area contributed by atoms with Gasteiger partial charge in [-0.15, -0.1) is 0 Å². The van der Waals surface area contributed by atoms with E-state index in [0.717, 1.165) is 59.0 Å². The van der Waals surface area contributed by atoms with E-state index in [1.165, 1.54) is 27.8 Å². The van der Waals surface area contributed by atoms with Crippen molar-refractivity contribution in [1.29, 1.82) is 0 Å². The van der Waals surface area contributed by atoms with E-state index in [1.807, 2.05) is 4.90 Å². The van der Waals surface area contributed by atoms with Crippen LogP contribution in [0.2, 0.25) is 0 Å². The second-order valence-electron chi connectivity index (χ2n) is 9.35. The molecule has 5 rings (SSSR count). The number of hydrogen-bond donors (Lipinski definition) is 0. The van der Waals surface area contributed by atoms with Gasteiger partial charge in [-0.3, -0.25) is 9.69 Å². The van der Waals surface area contributed by atoms with Crippen molar-refractivity contribution in [3.8, 4) is 0 Å². The number of aromatic nitrogens is 2. The second-order valence-corrected chi connectivity index (χ2v) is 9.35. The van der Waals surface area contributed by atoms with E-state index >= 15 is 0 Å². The lowest BCUT2D eigenvalue weighted by Gasteiger charge is -2.31. The van der Waals surface area contributed by atoms with Gasteiger partial charge in [-0.1, -0.05) is 18.2 Å². The molecule has 2 aromatic rings. The Labute approximate surface area is 194 Å². The number of ether oxygens (including phenoxy) is 1. The summed E-state index contributed by atoms with van der Waals surface area (Å²) in [6.45, 7) is 9.40. The van der Waals surface area contributed by atoms with Gasteiger partial charge in [0.25, 0.3) is 0 Å². The maximum Gasteiger partial charge on any atom is 0.344 e. The number of likely N-dealkylation sites (tertiary alicyclic amines) is 2. The molecule has 0 aliphatic carbocycles. The van der Waals surface area contributed by atoms with Crippen LogP contribution in [0, 0.1) is 11.8 Å². The molecule has 9 nitrogen and oxygen atoms in total. The Morgan fingerprint density at radius 3 is 2.48 bits per heavy atom. The summed E-state index contributed by atoms with van der Waals surface area (Å²) in [5.74, 6) is 0.881. The Kier molecular flexibility index (Phi) is 6.07. The molecule has 33 heavy (non-hydrogen) atoms. The molecule has 3 aliphatic heterocycles. The van der Waals surface area contributed by atoms with E-state index < -0.39 is 0 Å². The highest BCUT2D eigenvalue weighted by Gasteiger charge is 2.42. The Morgan fingerprint density at radius 1 is 1.09 bits per heavy atom. The minimum absolute atomic E-state index is 0.0898. The van der Waals surface area contributed by atoms with E-state index in [9.17, 15) is 9.59 Å². The molecule has 0 N–H and O–H groups in total. The first-order chi connectivity index (χ1) is 16.0.